The molecule has 0 bridgehead atoms. The molecule has 2 heterocycles. The van der Waals surface area contributed by atoms with Crippen molar-refractivity contribution in [1.29, 1.82) is 0 Å². The van der Waals surface area contributed by atoms with Crippen LogP contribution in [0.1, 0.15) is 24.0 Å². The first-order chi connectivity index (χ1) is 13.5. The Morgan fingerprint density at radius 1 is 1.11 bits per heavy atom. The van der Waals surface area contributed by atoms with Crippen LogP contribution in [-0.2, 0) is 12.8 Å². The SMILES string of the molecule is CCc1nn(-c2c(Cl)cccc2Cl)c2nc(Cc3ccc(O)cc3)[nH]c(=O)c12. The van der Waals surface area contributed by atoms with E-state index in [2.05, 4.69) is 15.1 Å². The Hall–Kier alpha value is -2.83. The highest BCUT2D eigenvalue weighted by Gasteiger charge is 2.20. The van der Waals surface area contributed by atoms with E-state index in [-0.39, 0.29) is 11.3 Å². The smallest absolute Gasteiger partial charge is 0.262 e. The Morgan fingerprint density at radius 2 is 1.79 bits per heavy atom. The molecule has 6 nitrogen and oxygen atoms in total. The molecule has 0 fully saturated rings. The van der Waals surface area contributed by atoms with Gasteiger partial charge in [-0.05, 0) is 36.2 Å². The molecule has 0 unspecified atom stereocenters. The number of aryl methyl sites for hydroxylation is 1. The summed E-state index contributed by atoms with van der Waals surface area (Å²) in [5.74, 6) is 0.662. The molecule has 0 radical (unpaired) electrons. The van der Waals surface area contributed by atoms with Crippen LogP contribution in [0.4, 0.5) is 0 Å². The fraction of sp³-hybridized carbons (Fsp3) is 0.150. The van der Waals surface area contributed by atoms with E-state index in [0.29, 0.717) is 51.1 Å². The Balaban J connectivity index is 1.92. The second-order valence-corrected chi connectivity index (χ2v) is 7.15. The normalized spacial score (nSPS) is 11.2. The maximum absolute atomic E-state index is 12.8. The average molecular weight is 415 g/mol. The predicted molar refractivity (Wildman–Crippen MR) is 110 cm³/mol. The Morgan fingerprint density at radius 3 is 2.43 bits per heavy atom. The third-order valence-electron chi connectivity index (χ3n) is 4.45. The van der Waals surface area contributed by atoms with Gasteiger partial charge in [-0.25, -0.2) is 9.67 Å². The molecule has 0 saturated heterocycles. The summed E-state index contributed by atoms with van der Waals surface area (Å²) >= 11 is 12.7. The van der Waals surface area contributed by atoms with Gasteiger partial charge in [-0.15, -0.1) is 0 Å². The number of hydrogen-bond acceptors (Lipinski definition) is 4. The van der Waals surface area contributed by atoms with Crippen molar-refractivity contribution in [2.75, 3.05) is 0 Å². The van der Waals surface area contributed by atoms with Crippen molar-refractivity contribution in [1.82, 2.24) is 19.7 Å². The van der Waals surface area contributed by atoms with Crippen LogP contribution in [0.25, 0.3) is 16.7 Å². The first kappa shape index (κ1) is 18.5. The molecule has 2 aromatic heterocycles. The van der Waals surface area contributed by atoms with Gasteiger partial charge >= 0.3 is 0 Å². The standard InChI is InChI=1S/C20H16Cl2N4O2/c1-2-15-17-19(26(25-15)18-13(21)4-3-5-14(18)22)23-16(24-20(17)28)10-11-6-8-12(27)9-7-11/h3-9,27H,2,10H2,1H3,(H,23,24,28). The number of H-pyrrole nitrogens is 1. The first-order valence-corrected chi connectivity index (χ1v) is 9.46. The van der Waals surface area contributed by atoms with Crippen LogP contribution in [0.5, 0.6) is 5.75 Å². The Kier molecular flexibility index (Phi) is 4.83. The van der Waals surface area contributed by atoms with Gasteiger partial charge in [0.1, 0.15) is 22.6 Å². The van der Waals surface area contributed by atoms with Crippen molar-refractivity contribution in [3.63, 3.8) is 0 Å². The third-order valence-corrected chi connectivity index (χ3v) is 5.06. The van der Waals surface area contributed by atoms with Crippen LogP contribution in [0.15, 0.2) is 47.3 Å². The molecule has 0 aliphatic rings. The minimum atomic E-state index is -0.259. The molecule has 2 aromatic carbocycles. The first-order valence-electron chi connectivity index (χ1n) is 8.71. The van der Waals surface area contributed by atoms with E-state index in [0.717, 1.165) is 5.56 Å². The maximum atomic E-state index is 12.8. The molecule has 142 valence electrons. The van der Waals surface area contributed by atoms with Gasteiger partial charge in [0, 0.05) is 6.42 Å². The summed E-state index contributed by atoms with van der Waals surface area (Å²) in [6.45, 7) is 1.92. The number of aromatic nitrogens is 4. The molecule has 2 N–H and O–H groups in total. The van der Waals surface area contributed by atoms with E-state index in [1.54, 1.807) is 42.5 Å². The average Bonchev–Trinajstić information content (AvgIpc) is 3.02. The fourth-order valence-electron chi connectivity index (χ4n) is 3.12. The molecule has 0 aliphatic heterocycles. The number of halogens is 2. The van der Waals surface area contributed by atoms with Gasteiger partial charge in [0.05, 0.1) is 15.7 Å². The number of aromatic hydroxyl groups is 1. The van der Waals surface area contributed by atoms with E-state index < -0.39 is 0 Å². The Bertz CT molecular complexity index is 1210. The minimum absolute atomic E-state index is 0.180. The van der Waals surface area contributed by atoms with E-state index in [1.165, 1.54) is 4.68 Å². The number of phenols is 1. The fourth-order valence-corrected chi connectivity index (χ4v) is 3.68. The molecule has 4 rings (SSSR count). The maximum Gasteiger partial charge on any atom is 0.262 e. The van der Waals surface area contributed by atoms with Crippen LogP contribution in [0.3, 0.4) is 0 Å². The minimum Gasteiger partial charge on any atom is -0.508 e. The number of fused-ring (bicyclic) bond motifs is 1. The van der Waals surface area contributed by atoms with Crippen molar-refractivity contribution in [2.45, 2.75) is 19.8 Å². The largest absolute Gasteiger partial charge is 0.508 e. The van der Waals surface area contributed by atoms with Gasteiger partial charge in [-0.1, -0.05) is 48.3 Å². The summed E-state index contributed by atoms with van der Waals surface area (Å²) in [4.78, 5) is 20.3. The summed E-state index contributed by atoms with van der Waals surface area (Å²) in [6.07, 6.45) is 0.960. The van der Waals surface area contributed by atoms with Gasteiger partial charge in [-0.2, -0.15) is 5.10 Å². The molecule has 0 amide bonds. The highest BCUT2D eigenvalue weighted by molar-refractivity contribution is 6.37. The number of aromatic amines is 1. The number of benzene rings is 2. The monoisotopic (exact) mass is 414 g/mol. The van der Waals surface area contributed by atoms with Gasteiger partial charge < -0.3 is 10.1 Å². The van der Waals surface area contributed by atoms with Gasteiger partial charge in [0.25, 0.3) is 5.56 Å². The van der Waals surface area contributed by atoms with Crippen LogP contribution >= 0.6 is 23.2 Å². The van der Waals surface area contributed by atoms with Crippen LogP contribution in [-0.4, -0.2) is 24.9 Å². The summed E-state index contributed by atoms with van der Waals surface area (Å²) in [7, 11) is 0. The summed E-state index contributed by atoms with van der Waals surface area (Å²) in [5.41, 5.74) is 2.16. The lowest BCUT2D eigenvalue weighted by Gasteiger charge is -2.08. The highest BCUT2D eigenvalue weighted by Crippen LogP contribution is 2.30. The van der Waals surface area contributed by atoms with Crippen LogP contribution < -0.4 is 5.56 Å². The van der Waals surface area contributed by atoms with Gasteiger partial charge in [0.2, 0.25) is 0 Å². The zero-order chi connectivity index (χ0) is 19.8. The van der Waals surface area contributed by atoms with Crippen LogP contribution in [0, 0.1) is 0 Å². The molecule has 0 saturated carbocycles. The highest BCUT2D eigenvalue weighted by atomic mass is 35.5. The number of hydrogen-bond donors (Lipinski definition) is 2. The summed E-state index contributed by atoms with van der Waals surface area (Å²) in [5, 5.41) is 15.3. The zero-order valence-electron chi connectivity index (χ0n) is 14.9. The number of phenolic OH excluding ortho intramolecular Hbond substituents is 1. The number of nitrogens with zero attached hydrogens (tertiary/aromatic N) is 3. The lowest BCUT2D eigenvalue weighted by Crippen LogP contribution is -2.13. The second-order valence-electron chi connectivity index (χ2n) is 6.34. The quantitative estimate of drug-likeness (QED) is 0.521. The molecule has 0 aliphatic carbocycles. The molecule has 28 heavy (non-hydrogen) atoms. The topological polar surface area (TPSA) is 83.8 Å². The van der Waals surface area contributed by atoms with E-state index in [1.807, 2.05) is 6.92 Å². The second kappa shape index (κ2) is 7.30. The lowest BCUT2D eigenvalue weighted by molar-refractivity contribution is 0.475. The molecular formula is C20H16Cl2N4O2. The van der Waals surface area contributed by atoms with E-state index in [9.17, 15) is 9.90 Å². The van der Waals surface area contributed by atoms with E-state index in [4.69, 9.17) is 23.2 Å². The van der Waals surface area contributed by atoms with Crippen molar-refractivity contribution < 1.29 is 5.11 Å². The molecule has 0 atom stereocenters. The summed E-state index contributed by atoms with van der Waals surface area (Å²) < 4.78 is 1.54. The van der Waals surface area contributed by atoms with Crippen molar-refractivity contribution in [3.05, 3.63) is 79.9 Å². The van der Waals surface area contributed by atoms with Gasteiger partial charge in [-0.3, -0.25) is 4.79 Å². The number of para-hydroxylation sites is 1. The number of rotatable bonds is 4. The Labute approximate surface area is 170 Å². The molecule has 0 spiro atoms. The molecule has 8 heteroatoms. The predicted octanol–water partition coefficient (Wildman–Crippen LogP) is 4.27. The zero-order valence-corrected chi connectivity index (χ0v) is 16.4. The van der Waals surface area contributed by atoms with Crippen molar-refractivity contribution >= 4 is 34.2 Å². The van der Waals surface area contributed by atoms with Crippen LogP contribution in [0.2, 0.25) is 10.0 Å². The van der Waals surface area contributed by atoms with Crippen molar-refractivity contribution in [3.8, 4) is 11.4 Å². The summed E-state index contributed by atoms with van der Waals surface area (Å²) in [6, 6.07) is 11.9. The molecular weight excluding hydrogens is 399 g/mol. The molecule has 4 aromatic rings. The lowest BCUT2D eigenvalue weighted by atomic mass is 10.1. The number of nitrogens with one attached hydrogen (secondary N) is 1. The third kappa shape index (κ3) is 3.25. The van der Waals surface area contributed by atoms with Crippen molar-refractivity contribution in [2.24, 2.45) is 0 Å². The van der Waals surface area contributed by atoms with Gasteiger partial charge in [0.15, 0.2) is 5.65 Å². The van der Waals surface area contributed by atoms with E-state index >= 15 is 0 Å².